The van der Waals surface area contributed by atoms with Gasteiger partial charge in [-0.2, -0.15) is 0 Å². The number of amides is 4. The third-order valence-electron chi connectivity index (χ3n) is 4.45. The van der Waals surface area contributed by atoms with Gasteiger partial charge in [0.1, 0.15) is 11.8 Å². The quantitative estimate of drug-likeness (QED) is 0.869. The van der Waals surface area contributed by atoms with E-state index >= 15 is 0 Å². The van der Waals surface area contributed by atoms with Crippen LogP contribution < -0.4 is 10.1 Å². The smallest absolute Gasteiger partial charge is 0.322 e. The minimum Gasteiger partial charge on any atom is -0.492 e. The maximum atomic E-state index is 12.6. The van der Waals surface area contributed by atoms with Crippen LogP contribution >= 0.6 is 0 Å². The molecule has 2 aliphatic heterocycles. The highest BCUT2D eigenvalue weighted by molar-refractivity contribution is 5.96. The molecule has 25 heavy (non-hydrogen) atoms. The molecule has 0 aromatic heterocycles. The first-order valence-corrected chi connectivity index (χ1v) is 8.33. The Morgan fingerprint density at radius 1 is 1.28 bits per heavy atom. The van der Waals surface area contributed by atoms with Crippen molar-refractivity contribution in [1.29, 1.82) is 0 Å². The lowest BCUT2D eigenvalue weighted by Crippen LogP contribution is -2.67. The number of carbonyl (C=O) groups is 3. The van der Waals surface area contributed by atoms with E-state index in [1.165, 1.54) is 4.90 Å². The van der Waals surface area contributed by atoms with E-state index in [1.807, 2.05) is 19.1 Å². The van der Waals surface area contributed by atoms with Crippen molar-refractivity contribution in [3.05, 3.63) is 24.3 Å². The Bertz CT molecular complexity index is 693. The Labute approximate surface area is 146 Å². The van der Waals surface area contributed by atoms with Crippen LogP contribution in [0.25, 0.3) is 0 Å². The van der Waals surface area contributed by atoms with Gasteiger partial charge < -0.3 is 24.8 Å². The molecule has 0 saturated carbocycles. The van der Waals surface area contributed by atoms with E-state index in [2.05, 4.69) is 5.32 Å². The molecule has 2 heterocycles. The van der Waals surface area contributed by atoms with Gasteiger partial charge in [0.15, 0.2) is 0 Å². The van der Waals surface area contributed by atoms with E-state index in [-0.39, 0.29) is 30.9 Å². The Morgan fingerprint density at radius 2 is 2.04 bits per heavy atom. The number of urea groups is 1. The highest BCUT2D eigenvalue weighted by Crippen LogP contribution is 2.25. The van der Waals surface area contributed by atoms with Gasteiger partial charge in [-0.3, -0.25) is 9.59 Å². The molecule has 134 valence electrons. The third-order valence-corrected chi connectivity index (χ3v) is 4.45. The number of rotatable bonds is 3. The number of benzene rings is 1. The van der Waals surface area contributed by atoms with Crippen molar-refractivity contribution in [2.45, 2.75) is 13.0 Å². The molecule has 1 aromatic carbocycles. The number of fused-ring (bicyclic) bond motifs is 1. The zero-order chi connectivity index (χ0) is 18.0. The van der Waals surface area contributed by atoms with Gasteiger partial charge in [0, 0.05) is 20.1 Å². The van der Waals surface area contributed by atoms with Crippen molar-refractivity contribution in [3.63, 3.8) is 0 Å². The van der Waals surface area contributed by atoms with Gasteiger partial charge in [-0.05, 0) is 19.1 Å². The van der Waals surface area contributed by atoms with E-state index in [0.717, 1.165) is 0 Å². The lowest BCUT2D eigenvalue weighted by atomic mass is 10.1. The summed E-state index contributed by atoms with van der Waals surface area (Å²) in [6.07, 6.45) is 0. The second-order valence-corrected chi connectivity index (χ2v) is 6.10. The van der Waals surface area contributed by atoms with Crippen molar-refractivity contribution < 1.29 is 19.1 Å². The fourth-order valence-electron chi connectivity index (χ4n) is 3.15. The Balaban J connectivity index is 1.70. The van der Waals surface area contributed by atoms with Crippen LogP contribution in [-0.4, -0.2) is 78.4 Å². The number of likely N-dealkylation sites (N-methyl/N-ethyl adjacent to an activating group) is 1. The largest absolute Gasteiger partial charge is 0.492 e. The topological polar surface area (TPSA) is 82.2 Å². The van der Waals surface area contributed by atoms with Gasteiger partial charge in [0.2, 0.25) is 11.8 Å². The van der Waals surface area contributed by atoms with Gasteiger partial charge in [-0.25, -0.2) is 4.79 Å². The number of hydrogen-bond donors (Lipinski definition) is 1. The molecule has 8 heteroatoms. The van der Waals surface area contributed by atoms with Crippen LogP contribution in [0.5, 0.6) is 5.75 Å². The first-order chi connectivity index (χ1) is 12.0. The molecule has 1 unspecified atom stereocenters. The first kappa shape index (κ1) is 17.1. The molecular formula is C17H22N4O4. The SMILES string of the molecule is CCOc1ccccc1NC(=O)N1CCN2C(=O)CN(C)C(=O)C2C1. The molecule has 1 atom stereocenters. The number of carbonyl (C=O) groups excluding carboxylic acids is 3. The van der Waals surface area contributed by atoms with Crippen LogP contribution in [0.1, 0.15) is 6.92 Å². The summed E-state index contributed by atoms with van der Waals surface area (Å²) < 4.78 is 5.51. The number of ether oxygens (including phenoxy) is 1. The van der Waals surface area contributed by atoms with Crippen molar-refractivity contribution in [1.82, 2.24) is 14.7 Å². The lowest BCUT2D eigenvalue weighted by molar-refractivity contribution is -0.157. The van der Waals surface area contributed by atoms with Crippen LogP contribution in [0.4, 0.5) is 10.5 Å². The van der Waals surface area contributed by atoms with E-state index < -0.39 is 6.04 Å². The molecule has 2 saturated heterocycles. The van der Waals surface area contributed by atoms with Crippen molar-refractivity contribution in [2.75, 3.05) is 45.2 Å². The zero-order valence-electron chi connectivity index (χ0n) is 14.4. The maximum Gasteiger partial charge on any atom is 0.322 e. The molecule has 2 aliphatic rings. The third kappa shape index (κ3) is 3.38. The zero-order valence-corrected chi connectivity index (χ0v) is 14.4. The van der Waals surface area contributed by atoms with Crippen LogP contribution in [-0.2, 0) is 9.59 Å². The van der Waals surface area contributed by atoms with E-state index in [9.17, 15) is 14.4 Å². The fourth-order valence-corrected chi connectivity index (χ4v) is 3.15. The van der Waals surface area contributed by atoms with Gasteiger partial charge in [-0.1, -0.05) is 12.1 Å². The van der Waals surface area contributed by atoms with Crippen LogP contribution in [0.15, 0.2) is 24.3 Å². The van der Waals surface area contributed by atoms with Gasteiger partial charge in [0.05, 0.1) is 25.4 Å². The molecule has 3 rings (SSSR count). The average Bonchev–Trinajstić information content (AvgIpc) is 2.61. The van der Waals surface area contributed by atoms with Crippen molar-refractivity contribution in [3.8, 4) is 5.75 Å². The molecule has 4 amide bonds. The first-order valence-electron chi connectivity index (χ1n) is 8.33. The highest BCUT2D eigenvalue weighted by Gasteiger charge is 2.42. The van der Waals surface area contributed by atoms with Crippen molar-refractivity contribution >= 4 is 23.5 Å². The van der Waals surface area contributed by atoms with Crippen LogP contribution in [0.3, 0.4) is 0 Å². The molecule has 1 N–H and O–H groups in total. The van der Waals surface area contributed by atoms with Crippen LogP contribution in [0, 0.1) is 0 Å². The normalized spacial score (nSPS) is 20.4. The van der Waals surface area contributed by atoms with Gasteiger partial charge >= 0.3 is 6.03 Å². The predicted molar refractivity (Wildman–Crippen MR) is 91.3 cm³/mol. The molecule has 0 spiro atoms. The summed E-state index contributed by atoms with van der Waals surface area (Å²) in [6.45, 7) is 3.42. The monoisotopic (exact) mass is 346 g/mol. The summed E-state index contributed by atoms with van der Waals surface area (Å²) in [4.78, 5) is 41.5. The van der Waals surface area contributed by atoms with Crippen LogP contribution in [0.2, 0.25) is 0 Å². The van der Waals surface area contributed by atoms with Gasteiger partial charge in [0.25, 0.3) is 0 Å². The second-order valence-electron chi connectivity index (χ2n) is 6.10. The molecular weight excluding hydrogens is 324 g/mol. The Kier molecular flexibility index (Phi) is 4.78. The number of para-hydroxylation sites is 2. The molecule has 0 aliphatic carbocycles. The molecule has 1 aromatic rings. The minimum absolute atomic E-state index is 0.0751. The van der Waals surface area contributed by atoms with E-state index in [0.29, 0.717) is 31.1 Å². The van der Waals surface area contributed by atoms with Gasteiger partial charge in [-0.15, -0.1) is 0 Å². The molecule has 8 nitrogen and oxygen atoms in total. The molecule has 0 bridgehead atoms. The van der Waals surface area contributed by atoms with E-state index in [1.54, 1.807) is 29.0 Å². The summed E-state index contributed by atoms with van der Waals surface area (Å²) in [5.74, 6) is 0.390. The summed E-state index contributed by atoms with van der Waals surface area (Å²) in [7, 11) is 1.61. The number of nitrogens with zero attached hydrogens (tertiary/aromatic N) is 3. The minimum atomic E-state index is -0.604. The summed E-state index contributed by atoms with van der Waals surface area (Å²) in [5, 5.41) is 2.83. The summed E-state index contributed by atoms with van der Waals surface area (Å²) in [6, 6.07) is 6.29. The second kappa shape index (κ2) is 7.00. The lowest BCUT2D eigenvalue weighted by Gasteiger charge is -2.45. The number of anilines is 1. The van der Waals surface area contributed by atoms with Crippen molar-refractivity contribution in [2.24, 2.45) is 0 Å². The maximum absolute atomic E-state index is 12.6. The molecule has 0 radical (unpaired) electrons. The average molecular weight is 346 g/mol. The number of nitrogens with one attached hydrogen (secondary N) is 1. The van der Waals surface area contributed by atoms with E-state index in [4.69, 9.17) is 4.74 Å². The predicted octanol–water partition coefficient (Wildman–Crippen LogP) is 0.602. The Hall–Kier alpha value is -2.77. The number of piperazine rings is 2. The highest BCUT2D eigenvalue weighted by atomic mass is 16.5. The molecule has 2 fully saturated rings. The Morgan fingerprint density at radius 3 is 2.80 bits per heavy atom. The summed E-state index contributed by atoms with van der Waals surface area (Å²) in [5.41, 5.74) is 0.583. The number of hydrogen-bond acceptors (Lipinski definition) is 4. The standard InChI is InChI=1S/C17H22N4O4/c1-3-25-14-7-5-4-6-12(14)18-17(24)20-8-9-21-13(10-20)16(23)19(2)11-15(21)22/h4-7,13H,3,8-11H2,1-2H3,(H,18,24). The summed E-state index contributed by atoms with van der Waals surface area (Å²) >= 11 is 0. The fraction of sp³-hybridized carbons (Fsp3) is 0.471.